The summed E-state index contributed by atoms with van der Waals surface area (Å²) in [6.07, 6.45) is 2.03. The summed E-state index contributed by atoms with van der Waals surface area (Å²) in [5.41, 5.74) is 0.256. The summed E-state index contributed by atoms with van der Waals surface area (Å²) in [5.74, 6) is -2.41. The molecule has 4 atom stereocenters. The number of rotatable bonds is 9. The van der Waals surface area contributed by atoms with Crippen LogP contribution >= 0.6 is 0 Å². The van der Waals surface area contributed by atoms with Crippen molar-refractivity contribution in [2.45, 2.75) is 78.0 Å². The highest BCUT2D eigenvalue weighted by Crippen LogP contribution is 2.41. The molecule has 31 heavy (non-hydrogen) atoms. The monoisotopic (exact) mass is 433 g/mol. The SMILES string of the molecule is CCCC(C(=O)O)C1C(CC(=O)OCc2ccccc2)CCC1NC(=O)OC(C)(C)C. The van der Waals surface area contributed by atoms with Gasteiger partial charge in [-0.25, -0.2) is 4.79 Å². The molecule has 7 nitrogen and oxygen atoms in total. The maximum absolute atomic E-state index is 12.5. The molecule has 4 unspecified atom stereocenters. The van der Waals surface area contributed by atoms with Crippen LogP contribution in [0.3, 0.4) is 0 Å². The molecule has 0 aliphatic heterocycles. The molecule has 172 valence electrons. The first kappa shape index (κ1) is 24.7. The fourth-order valence-corrected chi connectivity index (χ4v) is 4.38. The molecule has 1 aliphatic carbocycles. The summed E-state index contributed by atoms with van der Waals surface area (Å²) in [7, 11) is 0. The Morgan fingerprint density at radius 2 is 1.84 bits per heavy atom. The summed E-state index contributed by atoms with van der Waals surface area (Å²) >= 11 is 0. The fourth-order valence-electron chi connectivity index (χ4n) is 4.38. The summed E-state index contributed by atoms with van der Waals surface area (Å²) in [5, 5.41) is 12.7. The van der Waals surface area contributed by atoms with E-state index in [1.54, 1.807) is 20.8 Å². The summed E-state index contributed by atoms with van der Waals surface area (Å²) in [4.78, 5) is 36.8. The van der Waals surface area contributed by atoms with Crippen molar-refractivity contribution >= 4 is 18.0 Å². The second-order valence-corrected chi connectivity index (χ2v) is 9.25. The van der Waals surface area contributed by atoms with Gasteiger partial charge in [-0.1, -0.05) is 43.7 Å². The van der Waals surface area contributed by atoms with Crippen molar-refractivity contribution < 1.29 is 29.0 Å². The van der Waals surface area contributed by atoms with Crippen molar-refractivity contribution in [3.8, 4) is 0 Å². The van der Waals surface area contributed by atoms with Crippen molar-refractivity contribution in [3.63, 3.8) is 0 Å². The quantitative estimate of drug-likeness (QED) is 0.554. The highest BCUT2D eigenvalue weighted by atomic mass is 16.6. The number of aliphatic carboxylic acids is 1. The zero-order valence-electron chi connectivity index (χ0n) is 18.9. The minimum absolute atomic E-state index is 0.136. The highest BCUT2D eigenvalue weighted by molar-refractivity contribution is 5.73. The molecule has 0 bridgehead atoms. The van der Waals surface area contributed by atoms with Gasteiger partial charge in [0.1, 0.15) is 12.2 Å². The molecule has 1 aromatic rings. The zero-order valence-corrected chi connectivity index (χ0v) is 18.9. The Labute approximate surface area is 184 Å². The Balaban J connectivity index is 2.08. The van der Waals surface area contributed by atoms with E-state index in [1.165, 1.54) is 0 Å². The summed E-state index contributed by atoms with van der Waals surface area (Å²) in [6.45, 7) is 7.46. The van der Waals surface area contributed by atoms with Crippen LogP contribution in [-0.4, -0.2) is 34.8 Å². The highest BCUT2D eigenvalue weighted by Gasteiger charge is 2.45. The van der Waals surface area contributed by atoms with Gasteiger partial charge in [0.05, 0.1) is 5.92 Å². The van der Waals surface area contributed by atoms with Crippen molar-refractivity contribution in [2.75, 3.05) is 0 Å². The minimum atomic E-state index is -0.896. The number of carboxylic acid groups (broad SMARTS) is 1. The lowest BCUT2D eigenvalue weighted by molar-refractivity contribution is -0.149. The number of hydrogen-bond donors (Lipinski definition) is 2. The number of hydrogen-bond acceptors (Lipinski definition) is 5. The number of amides is 1. The van der Waals surface area contributed by atoms with Gasteiger partial charge in [0.25, 0.3) is 0 Å². The van der Waals surface area contributed by atoms with Gasteiger partial charge in [-0.3, -0.25) is 9.59 Å². The lowest BCUT2D eigenvalue weighted by Gasteiger charge is -2.31. The zero-order chi connectivity index (χ0) is 23.0. The normalized spacial score (nSPS) is 21.9. The van der Waals surface area contributed by atoms with Gasteiger partial charge in [0.2, 0.25) is 0 Å². The first-order valence-electron chi connectivity index (χ1n) is 11.0. The van der Waals surface area contributed by atoms with Crippen molar-refractivity contribution in [3.05, 3.63) is 35.9 Å². The molecular weight excluding hydrogens is 398 g/mol. The molecule has 1 aromatic carbocycles. The van der Waals surface area contributed by atoms with E-state index in [2.05, 4.69) is 5.32 Å². The molecule has 1 aliphatic rings. The molecule has 1 amide bonds. The predicted octanol–water partition coefficient (Wildman–Crippen LogP) is 4.54. The van der Waals surface area contributed by atoms with Crippen LogP contribution in [0.2, 0.25) is 0 Å². The number of carbonyl (C=O) groups is 3. The Morgan fingerprint density at radius 1 is 1.16 bits per heavy atom. The predicted molar refractivity (Wildman–Crippen MR) is 116 cm³/mol. The number of carbonyl (C=O) groups excluding carboxylic acids is 2. The molecule has 0 aromatic heterocycles. The fraction of sp³-hybridized carbons (Fsp3) is 0.625. The van der Waals surface area contributed by atoms with E-state index in [0.717, 1.165) is 5.56 Å². The average molecular weight is 434 g/mol. The molecule has 2 rings (SSSR count). The molecule has 2 N–H and O–H groups in total. The van der Waals surface area contributed by atoms with E-state index in [9.17, 15) is 19.5 Å². The Morgan fingerprint density at radius 3 is 2.42 bits per heavy atom. The van der Waals surface area contributed by atoms with E-state index in [4.69, 9.17) is 9.47 Å². The van der Waals surface area contributed by atoms with Gasteiger partial charge in [-0.15, -0.1) is 0 Å². The first-order chi connectivity index (χ1) is 14.6. The lowest BCUT2D eigenvalue weighted by atomic mass is 9.78. The third-order valence-electron chi connectivity index (χ3n) is 5.61. The maximum atomic E-state index is 12.5. The molecule has 1 fully saturated rings. The number of esters is 1. The van der Waals surface area contributed by atoms with E-state index < -0.39 is 23.6 Å². The standard InChI is InChI=1S/C24H35NO6/c1-5-9-18(22(27)28)21-17(12-13-19(21)25-23(29)31-24(2,3)4)14-20(26)30-15-16-10-7-6-8-11-16/h6-8,10-11,17-19,21H,5,9,12-15H2,1-4H3,(H,25,29)(H,27,28). The third kappa shape index (κ3) is 7.89. The Hall–Kier alpha value is -2.57. The van der Waals surface area contributed by atoms with Gasteiger partial charge in [-0.2, -0.15) is 0 Å². The van der Waals surface area contributed by atoms with E-state index in [-0.39, 0.29) is 36.9 Å². The van der Waals surface area contributed by atoms with Crippen molar-refractivity contribution in [2.24, 2.45) is 17.8 Å². The summed E-state index contributed by atoms with van der Waals surface area (Å²) < 4.78 is 10.8. The average Bonchev–Trinajstić information content (AvgIpc) is 3.05. The van der Waals surface area contributed by atoms with E-state index in [0.29, 0.717) is 25.7 Å². The number of ether oxygens (including phenoxy) is 2. The van der Waals surface area contributed by atoms with Gasteiger partial charge in [0.15, 0.2) is 0 Å². The topological polar surface area (TPSA) is 102 Å². The van der Waals surface area contributed by atoms with Gasteiger partial charge in [-0.05, 0) is 57.4 Å². The minimum Gasteiger partial charge on any atom is -0.481 e. The number of alkyl carbamates (subject to hydrolysis) is 1. The molecule has 7 heteroatoms. The van der Waals surface area contributed by atoms with E-state index in [1.807, 2.05) is 37.3 Å². The van der Waals surface area contributed by atoms with Crippen LogP contribution in [0.4, 0.5) is 4.79 Å². The van der Waals surface area contributed by atoms with E-state index >= 15 is 0 Å². The van der Waals surface area contributed by atoms with Crippen molar-refractivity contribution in [1.29, 1.82) is 0 Å². The molecule has 0 spiro atoms. The van der Waals surface area contributed by atoms with Crippen LogP contribution in [0, 0.1) is 17.8 Å². The molecule has 0 heterocycles. The largest absolute Gasteiger partial charge is 0.481 e. The smallest absolute Gasteiger partial charge is 0.407 e. The second-order valence-electron chi connectivity index (χ2n) is 9.25. The van der Waals surface area contributed by atoms with Crippen molar-refractivity contribution in [1.82, 2.24) is 5.32 Å². The molecule has 1 saturated carbocycles. The lowest BCUT2D eigenvalue weighted by Crippen LogP contribution is -2.45. The first-order valence-corrected chi connectivity index (χ1v) is 11.0. The third-order valence-corrected chi connectivity index (χ3v) is 5.61. The molecular formula is C24H35NO6. The van der Waals surface area contributed by atoms with Gasteiger partial charge in [0, 0.05) is 12.5 Å². The number of benzene rings is 1. The van der Waals surface area contributed by atoms with Gasteiger partial charge >= 0.3 is 18.0 Å². The maximum Gasteiger partial charge on any atom is 0.407 e. The molecule has 0 saturated heterocycles. The number of carboxylic acids is 1. The van der Waals surface area contributed by atoms with Crippen LogP contribution in [-0.2, 0) is 25.7 Å². The second kappa shape index (κ2) is 11.2. The van der Waals surface area contributed by atoms with Crippen LogP contribution in [0.15, 0.2) is 30.3 Å². The van der Waals surface area contributed by atoms with Crippen LogP contribution in [0.5, 0.6) is 0 Å². The van der Waals surface area contributed by atoms with Gasteiger partial charge < -0.3 is 19.9 Å². The molecule has 0 radical (unpaired) electrons. The van der Waals surface area contributed by atoms with Crippen LogP contribution in [0.1, 0.15) is 65.4 Å². The van der Waals surface area contributed by atoms with Crippen LogP contribution in [0.25, 0.3) is 0 Å². The van der Waals surface area contributed by atoms with Crippen LogP contribution < -0.4 is 5.32 Å². The Kier molecular flexibility index (Phi) is 8.89. The Bertz CT molecular complexity index is 742. The summed E-state index contributed by atoms with van der Waals surface area (Å²) in [6, 6.07) is 9.07. The number of nitrogens with one attached hydrogen (secondary N) is 1.